The van der Waals surface area contributed by atoms with Gasteiger partial charge in [0.2, 0.25) is 0 Å². The van der Waals surface area contributed by atoms with Crippen LogP contribution in [0, 0.1) is 5.92 Å². The number of hydrogen-bond acceptors (Lipinski definition) is 5. The summed E-state index contributed by atoms with van der Waals surface area (Å²) in [4.78, 5) is 2.46. The number of piperazine rings is 1. The second-order valence-corrected chi connectivity index (χ2v) is 7.80. The standard InChI is InChI=1S/C16H25N2O3S/c1-13(2)10-18-9-8-17-16(11-18)15-6-4-14(5-7-15)12-21-22(3,19)20/h4-7,16-17H,8-12H2,1-3H3. The van der Waals surface area contributed by atoms with Crippen molar-refractivity contribution in [3.63, 3.8) is 0 Å². The van der Waals surface area contributed by atoms with Gasteiger partial charge in [0.05, 0.1) is 12.9 Å². The zero-order valence-corrected chi connectivity index (χ0v) is 14.3. The van der Waals surface area contributed by atoms with Crippen LogP contribution in [0.3, 0.4) is 0 Å². The van der Waals surface area contributed by atoms with Gasteiger partial charge in [-0.2, -0.15) is 8.42 Å². The molecule has 1 N–H and O–H groups in total. The summed E-state index contributed by atoms with van der Waals surface area (Å²) in [6.45, 7) is 8.50. The van der Waals surface area contributed by atoms with Crippen LogP contribution < -0.4 is 5.32 Å². The molecule has 5 nitrogen and oxygen atoms in total. The average Bonchev–Trinajstić information content (AvgIpc) is 2.44. The number of benzene rings is 1. The van der Waals surface area contributed by atoms with E-state index in [1.54, 1.807) is 0 Å². The monoisotopic (exact) mass is 325 g/mol. The van der Waals surface area contributed by atoms with Gasteiger partial charge in [0.1, 0.15) is 0 Å². The summed E-state index contributed by atoms with van der Waals surface area (Å²) in [5.74, 6) is 1.42. The SMILES string of the molecule is C[C](C)CN1CCNC(c2ccc(COS(C)(=O)=O)cc2)C1. The van der Waals surface area contributed by atoms with Gasteiger partial charge in [0.15, 0.2) is 0 Å². The summed E-state index contributed by atoms with van der Waals surface area (Å²) in [5.41, 5.74) is 2.08. The van der Waals surface area contributed by atoms with Crippen molar-refractivity contribution in [3.05, 3.63) is 41.3 Å². The maximum atomic E-state index is 11.0. The first-order chi connectivity index (χ1) is 10.3. The highest BCUT2D eigenvalue weighted by molar-refractivity contribution is 7.85. The molecule has 1 saturated heterocycles. The minimum atomic E-state index is -3.39. The Kier molecular flexibility index (Phi) is 5.97. The average molecular weight is 325 g/mol. The lowest BCUT2D eigenvalue weighted by molar-refractivity contribution is 0.208. The highest BCUT2D eigenvalue weighted by atomic mass is 32.2. The lowest BCUT2D eigenvalue weighted by Crippen LogP contribution is -2.46. The van der Waals surface area contributed by atoms with E-state index in [1.807, 2.05) is 24.3 Å². The highest BCUT2D eigenvalue weighted by Crippen LogP contribution is 2.19. The van der Waals surface area contributed by atoms with Crippen LogP contribution in [-0.4, -0.2) is 45.8 Å². The fourth-order valence-electron chi connectivity index (χ4n) is 2.65. The molecule has 0 aliphatic carbocycles. The number of nitrogens with one attached hydrogen (secondary N) is 1. The molecule has 1 aromatic rings. The number of nitrogens with zero attached hydrogens (tertiary/aromatic N) is 1. The number of rotatable bonds is 6. The molecule has 1 heterocycles. The van der Waals surface area contributed by atoms with E-state index in [4.69, 9.17) is 4.18 Å². The van der Waals surface area contributed by atoms with Gasteiger partial charge in [0.25, 0.3) is 10.1 Å². The Balaban J connectivity index is 1.94. The van der Waals surface area contributed by atoms with E-state index in [0.717, 1.165) is 38.0 Å². The molecule has 1 aliphatic heterocycles. The molecular formula is C16H25N2O3S. The van der Waals surface area contributed by atoms with E-state index in [2.05, 4.69) is 24.1 Å². The fourth-order valence-corrected chi connectivity index (χ4v) is 3.00. The van der Waals surface area contributed by atoms with E-state index in [1.165, 1.54) is 11.5 Å². The van der Waals surface area contributed by atoms with Gasteiger partial charge in [-0.1, -0.05) is 38.1 Å². The van der Waals surface area contributed by atoms with Crippen molar-refractivity contribution in [1.82, 2.24) is 10.2 Å². The van der Waals surface area contributed by atoms with E-state index in [-0.39, 0.29) is 6.61 Å². The topological polar surface area (TPSA) is 58.6 Å². The minimum absolute atomic E-state index is 0.0906. The van der Waals surface area contributed by atoms with Gasteiger partial charge in [-0.3, -0.25) is 9.08 Å². The molecule has 123 valence electrons. The van der Waals surface area contributed by atoms with E-state index >= 15 is 0 Å². The van der Waals surface area contributed by atoms with Crippen LogP contribution in [0.25, 0.3) is 0 Å². The largest absolute Gasteiger partial charge is 0.308 e. The van der Waals surface area contributed by atoms with E-state index in [9.17, 15) is 8.42 Å². The molecular weight excluding hydrogens is 300 g/mol. The second-order valence-electron chi connectivity index (χ2n) is 6.16. The Morgan fingerprint density at radius 2 is 2.00 bits per heavy atom. The van der Waals surface area contributed by atoms with Gasteiger partial charge in [-0.25, -0.2) is 0 Å². The molecule has 22 heavy (non-hydrogen) atoms. The van der Waals surface area contributed by atoms with Crippen LogP contribution in [0.4, 0.5) is 0 Å². The first-order valence-corrected chi connectivity index (χ1v) is 9.33. The molecule has 1 aromatic carbocycles. The molecule has 1 aliphatic rings. The van der Waals surface area contributed by atoms with Gasteiger partial charge in [-0.15, -0.1) is 0 Å². The molecule has 0 bridgehead atoms. The quantitative estimate of drug-likeness (QED) is 0.807. The van der Waals surface area contributed by atoms with Crippen molar-refractivity contribution in [1.29, 1.82) is 0 Å². The predicted molar refractivity (Wildman–Crippen MR) is 87.8 cm³/mol. The lowest BCUT2D eigenvalue weighted by Gasteiger charge is -2.34. The lowest BCUT2D eigenvalue weighted by atomic mass is 10.0. The number of hydrogen-bond donors (Lipinski definition) is 1. The first kappa shape index (κ1) is 17.4. The Morgan fingerprint density at radius 3 is 2.59 bits per heavy atom. The van der Waals surface area contributed by atoms with E-state index < -0.39 is 10.1 Å². The van der Waals surface area contributed by atoms with Crippen LogP contribution >= 0.6 is 0 Å². The van der Waals surface area contributed by atoms with Crippen molar-refractivity contribution in [2.24, 2.45) is 0 Å². The maximum Gasteiger partial charge on any atom is 0.264 e. The smallest absolute Gasteiger partial charge is 0.264 e. The van der Waals surface area contributed by atoms with Gasteiger partial charge in [-0.05, 0) is 17.0 Å². The third-order valence-corrected chi connectivity index (χ3v) is 4.17. The molecule has 0 amide bonds. The van der Waals surface area contributed by atoms with Crippen molar-refractivity contribution in [2.75, 3.05) is 32.4 Å². The van der Waals surface area contributed by atoms with E-state index in [0.29, 0.717) is 6.04 Å². The molecule has 0 saturated carbocycles. The Bertz CT molecular complexity index is 570. The van der Waals surface area contributed by atoms with Gasteiger partial charge >= 0.3 is 0 Å². The summed E-state index contributed by atoms with van der Waals surface area (Å²) < 4.78 is 26.8. The molecule has 1 unspecified atom stereocenters. The van der Waals surface area contributed by atoms with Crippen molar-refractivity contribution in [3.8, 4) is 0 Å². The second kappa shape index (κ2) is 7.55. The van der Waals surface area contributed by atoms with Crippen molar-refractivity contribution >= 4 is 10.1 Å². The van der Waals surface area contributed by atoms with Gasteiger partial charge in [0, 0.05) is 32.2 Å². The normalized spacial score (nSPS) is 20.5. The molecule has 0 spiro atoms. The van der Waals surface area contributed by atoms with Crippen LogP contribution in [0.5, 0.6) is 0 Å². The summed E-state index contributed by atoms with van der Waals surface area (Å²) in [6, 6.07) is 8.27. The van der Waals surface area contributed by atoms with Crippen molar-refractivity contribution in [2.45, 2.75) is 26.5 Å². The molecule has 6 heteroatoms. The molecule has 2 rings (SSSR count). The van der Waals surface area contributed by atoms with Crippen LogP contribution in [-0.2, 0) is 20.9 Å². The predicted octanol–water partition coefficient (Wildman–Crippen LogP) is 1.72. The van der Waals surface area contributed by atoms with Crippen LogP contribution in [0.1, 0.15) is 31.0 Å². The summed E-state index contributed by atoms with van der Waals surface area (Å²) in [5, 5.41) is 3.54. The highest BCUT2D eigenvalue weighted by Gasteiger charge is 2.21. The fraction of sp³-hybridized carbons (Fsp3) is 0.562. The molecule has 0 aromatic heterocycles. The molecule has 1 fully saturated rings. The minimum Gasteiger partial charge on any atom is -0.308 e. The van der Waals surface area contributed by atoms with Crippen molar-refractivity contribution < 1.29 is 12.6 Å². The van der Waals surface area contributed by atoms with Gasteiger partial charge < -0.3 is 5.32 Å². The third-order valence-electron chi connectivity index (χ3n) is 3.62. The summed E-state index contributed by atoms with van der Waals surface area (Å²) in [6.07, 6.45) is 1.06. The maximum absolute atomic E-state index is 11.0. The first-order valence-electron chi connectivity index (χ1n) is 7.51. The summed E-state index contributed by atoms with van der Waals surface area (Å²) >= 11 is 0. The summed E-state index contributed by atoms with van der Waals surface area (Å²) in [7, 11) is -3.39. The van der Waals surface area contributed by atoms with Crippen LogP contribution in [0.2, 0.25) is 0 Å². The molecule has 1 atom stereocenters. The molecule has 1 radical (unpaired) electrons. The Morgan fingerprint density at radius 1 is 1.32 bits per heavy atom. The third kappa shape index (κ3) is 5.68. The Labute approximate surface area is 133 Å². The zero-order valence-electron chi connectivity index (χ0n) is 13.5. The van der Waals surface area contributed by atoms with Crippen LogP contribution in [0.15, 0.2) is 24.3 Å². The zero-order chi connectivity index (χ0) is 16.2. The Hall–Kier alpha value is -0.950.